The first-order valence-corrected chi connectivity index (χ1v) is 9.67. The summed E-state index contributed by atoms with van der Waals surface area (Å²) in [7, 11) is 0. The number of aliphatic hydroxyl groups excluding tert-OH is 1. The second kappa shape index (κ2) is 7.93. The highest BCUT2D eigenvalue weighted by Gasteiger charge is 2.26. The van der Waals surface area contributed by atoms with Crippen LogP contribution in [-0.4, -0.2) is 49.8 Å². The van der Waals surface area contributed by atoms with Gasteiger partial charge in [-0.1, -0.05) is 13.3 Å². The largest absolute Gasteiger partial charge is 0.394 e. The molecule has 3 aromatic heterocycles. The molecule has 8 heteroatoms. The topological polar surface area (TPSA) is 95.7 Å². The van der Waals surface area contributed by atoms with Gasteiger partial charge in [0.05, 0.1) is 24.4 Å². The number of aromatic nitrogens is 4. The van der Waals surface area contributed by atoms with Gasteiger partial charge in [-0.25, -0.2) is 4.98 Å². The van der Waals surface area contributed by atoms with Crippen LogP contribution in [0.2, 0.25) is 0 Å². The number of carbonyl (C=O) groups excluding carboxylic acids is 1. The van der Waals surface area contributed by atoms with Crippen LogP contribution in [-0.2, 0) is 6.42 Å². The molecule has 1 atom stereocenters. The average molecular weight is 380 g/mol. The van der Waals surface area contributed by atoms with Crippen molar-refractivity contribution < 1.29 is 9.90 Å². The van der Waals surface area contributed by atoms with Crippen LogP contribution in [0, 0.1) is 0 Å². The molecule has 3 aromatic rings. The quantitative estimate of drug-likeness (QED) is 0.681. The first kappa shape index (κ1) is 18.4. The van der Waals surface area contributed by atoms with E-state index in [9.17, 15) is 9.90 Å². The number of carbonyl (C=O) groups is 1. The third-order valence-electron chi connectivity index (χ3n) is 5.10. The lowest BCUT2D eigenvalue weighted by atomic mass is 10.2. The highest BCUT2D eigenvalue weighted by atomic mass is 16.3. The van der Waals surface area contributed by atoms with Gasteiger partial charge in [0.1, 0.15) is 11.6 Å². The van der Waals surface area contributed by atoms with Crippen LogP contribution in [0.4, 0.5) is 11.6 Å². The Kier molecular flexibility index (Phi) is 5.21. The summed E-state index contributed by atoms with van der Waals surface area (Å²) in [6.45, 7) is 3.04. The van der Waals surface area contributed by atoms with E-state index in [1.54, 1.807) is 22.8 Å². The standard InChI is InChI=1S/C20H24N6O2/c1-2-5-14-12-22-26-18(24-20(28)15-6-3-8-21-11-15)10-17(23-19(14)26)25-9-4-7-16(25)13-27/h3,6,8,10-12,16,27H,2,4-5,7,9,13H2,1H3,(H,24,28). The number of fused-ring (bicyclic) bond motifs is 1. The van der Waals surface area contributed by atoms with Crippen molar-refractivity contribution in [2.45, 2.75) is 38.6 Å². The summed E-state index contributed by atoms with van der Waals surface area (Å²) in [4.78, 5) is 23.6. The summed E-state index contributed by atoms with van der Waals surface area (Å²) >= 11 is 0. The molecule has 8 nitrogen and oxygen atoms in total. The Morgan fingerprint density at radius 3 is 3.04 bits per heavy atom. The second-order valence-corrected chi connectivity index (χ2v) is 7.02. The number of amides is 1. The Balaban J connectivity index is 1.76. The molecule has 0 radical (unpaired) electrons. The Bertz CT molecular complexity index is 971. The Labute approximate surface area is 163 Å². The zero-order valence-electron chi connectivity index (χ0n) is 15.9. The van der Waals surface area contributed by atoms with Gasteiger partial charge in [-0.2, -0.15) is 9.61 Å². The van der Waals surface area contributed by atoms with Gasteiger partial charge in [0.2, 0.25) is 0 Å². The molecule has 1 fully saturated rings. The molecule has 1 saturated heterocycles. The highest BCUT2D eigenvalue weighted by molar-refractivity contribution is 6.03. The van der Waals surface area contributed by atoms with Gasteiger partial charge >= 0.3 is 0 Å². The van der Waals surface area contributed by atoms with Crippen LogP contribution in [0.3, 0.4) is 0 Å². The van der Waals surface area contributed by atoms with Gasteiger partial charge in [-0.3, -0.25) is 9.78 Å². The van der Waals surface area contributed by atoms with Crippen molar-refractivity contribution in [1.82, 2.24) is 19.6 Å². The summed E-state index contributed by atoms with van der Waals surface area (Å²) in [5.41, 5.74) is 2.26. The van der Waals surface area contributed by atoms with Crippen molar-refractivity contribution in [3.63, 3.8) is 0 Å². The maximum Gasteiger partial charge on any atom is 0.258 e. The fourth-order valence-corrected chi connectivity index (χ4v) is 3.69. The fraction of sp³-hybridized carbons (Fsp3) is 0.400. The Morgan fingerprint density at radius 2 is 2.29 bits per heavy atom. The van der Waals surface area contributed by atoms with Crippen molar-refractivity contribution >= 4 is 23.2 Å². The molecule has 1 aliphatic rings. The van der Waals surface area contributed by atoms with Gasteiger partial charge in [-0.05, 0) is 31.4 Å². The lowest BCUT2D eigenvalue weighted by Gasteiger charge is -2.25. The van der Waals surface area contributed by atoms with Crippen LogP contribution >= 0.6 is 0 Å². The number of hydrogen-bond donors (Lipinski definition) is 2. The van der Waals surface area contributed by atoms with Crippen LogP contribution in [0.15, 0.2) is 36.8 Å². The fourth-order valence-electron chi connectivity index (χ4n) is 3.69. The molecule has 0 aromatic carbocycles. The van der Waals surface area contributed by atoms with E-state index < -0.39 is 0 Å². The van der Waals surface area contributed by atoms with E-state index in [0.717, 1.165) is 49.3 Å². The normalized spacial score (nSPS) is 16.6. The molecule has 4 rings (SSSR count). The molecule has 1 unspecified atom stereocenters. The lowest BCUT2D eigenvalue weighted by molar-refractivity contribution is 0.102. The molecule has 146 valence electrons. The van der Waals surface area contributed by atoms with Crippen LogP contribution in [0.5, 0.6) is 0 Å². The van der Waals surface area contributed by atoms with Crippen LogP contribution in [0.25, 0.3) is 5.65 Å². The number of anilines is 2. The molecular weight excluding hydrogens is 356 g/mol. The summed E-state index contributed by atoms with van der Waals surface area (Å²) in [5.74, 6) is 1.06. The minimum Gasteiger partial charge on any atom is -0.394 e. The van der Waals surface area contributed by atoms with E-state index in [1.165, 1.54) is 6.20 Å². The van der Waals surface area contributed by atoms with Crippen molar-refractivity contribution in [3.05, 3.63) is 47.9 Å². The van der Waals surface area contributed by atoms with Crippen molar-refractivity contribution in [2.75, 3.05) is 23.4 Å². The minimum absolute atomic E-state index is 0.0503. The molecule has 1 amide bonds. The monoisotopic (exact) mass is 380 g/mol. The van der Waals surface area contributed by atoms with Crippen molar-refractivity contribution in [1.29, 1.82) is 0 Å². The molecule has 28 heavy (non-hydrogen) atoms. The molecule has 0 aliphatic carbocycles. The van der Waals surface area contributed by atoms with Gasteiger partial charge in [-0.15, -0.1) is 0 Å². The third-order valence-corrected chi connectivity index (χ3v) is 5.10. The molecule has 0 saturated carbocycles. The van der Waals surface area contributed by atoms with Crippen molar-refractivity contribution in [2.24, 2.45) is 0 Å². The Morgan fingerprint density at radius 1 is 1.39 bits per heavy atom. The first-order valence-electron chi connectivity index (χ1n) is 9.67. The van der Waals surface area contributed by atoms with E-state index in [4.69, 9.17) is 4.98 Å². The number of nitrogens with zero attached hydrogens (tertiary/aromatic N) is 5. The number of rotatable bonds is 6. The van der Waals surface area contributed by atoms with Crippen LogP contribution < -0.4 is 10.2 Å². The molecule has 0 bridgehead atoms. The van der Waals surface area contributed by atoms with E-state index >= 15 is 0 Å². The van der Waals surface area contributed by atoms with E-state index in [-0.39, 0.29) is 18.6 Å². The van der Waals surface area contributed by atoms with Gasteiger partial charge in [0.25, 0.3) is 5.91 Å². The number of aryl methyl sites for hydroxylation is 1. The third kappa shape index (κ3) is 3.43. The summed E-state index contributed by atoms with van der Waals surface area (Å²) in [5, 5.41) is 17.1. The molecule has 4 heterocycles. The number of aliphatic hydroxyl groups is 1. The lowest BCUT2D eigenvalue weighted by Crippen LogP contribution is -2.33. The number of nitrogens with one attached hydrogen (secondary N) is 1. The van der Waals surface area contributed by atoms with Gasteiger partial charge < -0.3 is 15.3 Å². The minimum atomic E-state index is -0.251. The smallest absolute Gasteiger partial charge is 0.258 e. The Hall–Kier alpha value is -3.00. The summed E-state index contributed by atoms with van der Waals surface area (Å²) in [6, 6.07) is 5.33. The second-order valence-electron chi connectivity index (χ2n) is 7.02. The molecule has 1 aliphatic heterocycles. The first-order chi connectivity index (χ1) is 13.7. The maximum atomic E-state index is 12.7. The predicted octanol–water partition coefficient (Wildman–Crippen LogP) is 2.29. The summed E-state index contributed by atoms with van der Waals surface area (Å²) in [6.07, 6.45) is 8.75. The summed E-state index contributed by atoms with van der Waals surface area (Å²) < 4.78 is 1.67. The van der Waals surface area contributed by atoms with E-state index in [0.29, 0.717) is 11.4 Å². The predicted molar refractivity (Wildman–Crippen MR) is 107 cm³/mol. The molecule has 2 N–H and O–H groups in total. The van der Waals surface area contributed by atoms with Gasteiger partial charge in [0.15, 0.2) is 5.65 Å². The van der Waals surface area contributed by atoms with E-state index in [2.05, 4.69) is 27.2 Å². The van der Waals surface area contributed by atoms with Crippen molar-refractivity contribution in [3.8, 4) is 0 Å². The molecule has 0 spiro atoms. The van der Waals surface area contributed by atoms with E-state index in [1.807, 2.05) is 12.3 Å². The zero-order valence-corrected chi connectivity index (χ0v) is 15.9. The van der Waals surface area contributed by atoms with Crippen LogP contribution in [0.1, 0.15) is 42.1 Å². The zero-order chi connectivity index (χ0) is 19.5. The van der Waals surface area contributed by atoms with Gasteiger partial charge in [0, 0.05) is 30.6 Å². The molecular formula is C20H24N6O2. The number of pyridine rings is 1. The average Bonchev–Trinajstić information content (AvgIpc) is 3.36. The SMILES string of the molecule is CCCc1cnn2c(NC(=O)c3cccnc3)cc(N3CCCC3CO)nc12. The number of hydrogen-bond acceptors (Lipinski definition) is 6. The maximum absolute atomic E-state index is 12.7. The highest BCUT2D eigenvalue weighted by Crippen LogP contribution is 2.28.